The predicted molar refractivity (Wildman–Crippen MR) is 245 cm³/mol. The summed E-state index contributed by atoms with van der Waals surface area (Å²) in [6.07, 6.45) is 1.42. The fraction of sp³-hybridized carbons (Fsp3) is 0.681. The maximum atomic E-state index is 14.6. The molecule has 0 saturated carbocycles. The van der Waals surface area contributed by atoms with Gasteiger partial charge in [-0.15, -0.1) is 0 Å². The van der Waals surface area contributed by atoms with E-state index in [2.05, 4.69) is 16.0 Å². The van der Waals surface area contributed by atoms with E-state index in [9.17, 15) is 48.3 Å². The lowest BCUT2D eigenvalue weighted by molar-refractivity contribution is -0.151. The molecule has 4 rings (SSSR count). The van der Waals surface area contributed by atoms with Crippen molar-refractivity contribution in [3.05, 3.63) is 35.9 Å². The van der Waals surface area contributed by atoms with Gasteiger partial charge >= 0.3 is 0 Å². The van der Waals surface area contributed by atoms with Gasteiger partial charge in [-0.2, -0.15) is 0 Å². The molecule has 3 saturated heterocycles. The van der Waals surface area contributed by atoms with Gasteiger partial charge in [0.1, 0.15) is 48.3 Å². The van der Waals surface area contributed by atoms with Crippen molar-refractivity contribution in [1.82, 2.24) is 45.3 Å². The molecule has 366 valence electrons. The second kappa shape index (κ2) is 23.7. The van der Waals surface area contributed by atoms with E-state index < -0.39 is 114 Å². The number of piperidine rings is 1. The first-order chi connectivity index (χ1) is 31.1. The Balaban J connectivity index is 1.81. The molecule has 3 aliphatic rings. The third-order valence-electron chi connectivity index (χ3n) is 13.4. The molecule has 1 aromatic carbocycles. The van der Waals surface area contributed by atoms with Crippen LogP contribution in [0.15, 0.2) is 30.3 Å². The molecule has 1 aromatic rings. The SMILES string of the molecule is CC[C@H]1C(=O)N[C@@H]([C@@H](C)O)C(=O)N(C)[C@@H](Cc2ccccc2)C(=O)N[C@@H](CC(C)C)C(=O)N2CCC[C@H]2C(=O)N[C@H](C(=O)N2CCCCC2)CC(=O)N(C)[C@@H](C)C(=O)N(C)[C@@H](C)C(=O)N1C. The van der Waals surface area contributed by atoms with E-state index in [-0.39, 0.29) is 38.1 Å². The zero-order chi connectivity index (χ0) is 49.2. The molecule has 4 N–H and O–H groups in total. The van der Waals surface area contributed by atoms with E-state index in [0.717, 1.165) is 38.9 Å². The van der Waals surface area contributed by atoms with E-state index in [4.69, 9.17) is 0 Å². The number of nitrogens with zero attached hydrogens (tertiary/aromatic N) is 6. The number of carbonyl (C=O) groups is 9. The van der Waals surface area contributed by atoms with Gasteiger partial charge in [0.25, 0.3) is 0 Å². The zero-order valence-corrected chi connectivity index (χ0v) is 40.5. The van der Waals surface area contributed by atoms with Crippen LogP contribution in [0.4, 0.5) is 0 Å². The number of aliphatic hydroxyl groups excluding tert-OH is 1. The van der Waals surface area contributed by atoms with Crippen molar-refractivity contribution in [3.63, 3.8) is 0 Å². The molecule has 0 radical (unpaired) electrons. The van der Waals surface area contributed by atoms with Crippen molar-refractivity contribution in [2.24, 2.45) is 5.92 Å². The quantitative estimate of drug-likeness (QED) is 0.292. The highest BCUT2D eigenvalue weighted by Gasteiger charge is 2.43. The first kappa shape index (κ1) is 53.0. The third kappa shape index (κ3) is 12.8. The summed E-state index contributed by atoms with van der Waals surface area (Å²) >= 11 is 0. The molecule has 9 amide bonds. The van der Waals surface area contributed by atoms with E-state index in [0.29, 0.717) is 25.1 Å². The number of likely N-dealkylation sites (N-methyl/N-ethyl adjacent to an activating group) is 4. The maximum Gasteiger partial charge on any atom is 0.248 e. The highest BCUT2D eigenvalue weighted by atomic mass is 16.3. The summed E-state index contributed by atoms with van der Waals surface area (Å²) in [4.78, 5) is 136. The van der Waals surface area contributed by atoms with Gasteiger partial charge in [-0.25, -0.2) is 0 Å². The Hall–Kier alpha value is -5.59. The number of nitrogens with one attached hydrogen (secondary N) is 3. The number of hydrogen-bond donors (Lipinski definition) is 4. The van der Waals surface area contributed by atoms with Gasteiger partial charge in [0.05, 0.1) is 12.5 Å². The van der Waals surface area contributed by atoms with Crippen molar-refractivity contribution in [3.8, 4) is 0 Å². The summed E-state index contributed by atoms with van der Waals surface area (Å²) in [5.74, 6) is -5.89. The fourth-order valence-electron chi connectivity index (χ4n) is 8.96. The molecular formula is C47H73N9O10. The van der Waals surface area contributed by atoms with Crippen LogP contribution in [0.1, 0.15) is 98.5 Å². The minimum Gasteiger partial charge on any atom is -0.391 e. The number of likely N-dealkylation sites (tertiary alicyclic amines) is 1. The number of benzene rings is 1. The van der Waals surface area contributed by atoms with Crippen LogP contribution < -0.4 is 16.0 Å². The Kier molecular flexibility index (Phi) is 19.1. The molecule has 0 unspecified atom stereocenters. The standard InChI is InChI=1S/C47H73N9O10/c1-11-35-40(59)50-39(31(6)57)47(66)54(10)37(26-32-19-14-12-15-20-32)42(61)48-33(25-28(2)3)46(65)56-24-18-21-36(56)41(60)49-34(45(64)55-22-16-13-17-23-55)27-38(58)51(7)29(4)43(62)52(8)30(5)44(63)53(35)9/h12,14-15,19-20,28-31,33-37,39,57H,11,13,16-18,21-27H2,1-10H3,(H,48,61)(H,49,60)(H,50,59)/t29-,30-,31+,33-,34-,35-,36-,37-,39-/m0/s1. The summed E-state index contributed by atoms with van der Waals surface area (Å²) in [5.41, 5.74) is 0.679. The Morgan fingerprint density at radius 2 is 1.26 bits per heavy atom. The van der Waals surface area contributed by atoms with E-state index in [1.807, 2.05) is 13.8 Å². The van der Waals surface area contributed by atoms with Crippen molar-refractivity contribution in [2.45, 2.75) is 154 Å². The lowest BCUT2D eigenvalue weighted by atomic mass is 9.99. The second-order valence-electron chi connectivity index (χ2n) is 18.6. The van der Waals surface area contributed by atoms with Crippen molar-refractivity contribution < 1.29 is 48.3 Å². The topological polar surface area (TPSA) is 229 Å². The van der Waals surface area contributed by atoms with E-state index >= 15 is 0 Å². The Morgan fingerprint density at radius 3 is 1.85 bits per heavy atom. The monoisotopic (exact) mass is 924 g/mol. The van der Waals surface area contributed by atoms with Crippen LogP contribution in [0.2, 0.25) is 0 Å². The van der Waals surface area contributed by atoms with Gasteiger partial charge in [0.2, 0.25) is 53.2 Å². The van der Waals surface area contributed by atoms with Crippen LogP contribution in [0.25, 0.3) is 0 Å². The summed E-state index contributed by atoms with van der Waals surface area (Å²) < 4.78 is 0. The van der Waals surface area contributed by atoms with Crippen LogP contribution in [0.5, 0.6) is 0 Å². The Labute approximate surface area is 389 Å². The Morgan fingerprint density at radius 1 is 0.682 bits per heavy atom. The molecule has 3 aliphatic heterocycles. The summed E-state index contributed by atoms with van der Waals surface area (Å²) in [5, 5.41) is 19.3. The molecule has 19 heteroatoms. The highest BCUT2D eigenvalue weighted by Crippen LogP contribution is 2.23. The van der Waals surface area contributed by atoms with Gasteiger partial charge in [0.15, 0.2) is 0 Å². The number of carbonyl (C=O) groups excluding carboxylic acids is 9. The molecule has 66 heavy (non-hydrogen) atoms. The molecular weight excluding hydrogens is 851 g/mol. The lowest BCUT2D eigenvalue weighted by Gasteiger charge is -2.36. The fourth-order valence-corrected chi connectivity index (χ4v) is 8.96. The van der Waals surface area contributed by atoms with Crippen LogP contribution in [0.3, 0.4) is 0 Å². The van der Waals surface area contributed by atoms with Crippen LogP contribution in [-0.2, 0) is 49.6 Å². The number of hydrogen-bond acceptors (Lipinski definition) is 10. The highest BCUT2D eigenvalue weighted by molar-refractivity contribution is 5.99. The van der Waals surface area contributed by atoms with Crippen molar-refractivity contribution in [2.75, 3.05) is 47.8 Å². The minimum absolute atomic E-state index is 0.00929. The van der Waals surface area contributed by atoms with Crippen LogP contribution >= 0.6 is 0 Å². The van der Waals surface area contributed by atoms with Gasteiger partial charge < -0.3 is 50.5 Å². The zero-order valence-electron chi connectivity index (χ0n) is 40.5. The Bertz CT molecular complexity index is 1930. The summed E-state index contributed by atoms with van der Waals surface area (Å²) in [7, 11) is 5.55. The van der Waals surface area contributed by atoms with Gasteiger partial charge in [-0.3, -0.25) is 43.2 Å². The molecule has 9 atom stereocenters. The minimum atomic E-state index is -1.57. The van der Waals surface area contributed by atoms with Crippen molar-refractivity contribution >= 4 is 53.2 Å². The van der Waals surface area contributed by atoms with Gasteiger partial charge in [-0.05, 0) is 77.2 Å². The summed E-state index contributed by atoms with van der Waals surface area (Å²) in [6.45, 7) is 10.7. The predicted octanol–water partition coefficient (Wildman–Crippen LogP) is 0.275. The average Bonchev–Trinajstić information content (AvgIpc) is 3.80. The van der Waals surface area contributed by atoms with Crippen LogP contribution in [0, 0.1) is 5.92 Å². The molecule has 0 bridgehead atoms. The van der Waals surface area contributed by atoms with Crippen molar-refractivity contribution in [1.29, 1.82) is 0 Å². The largest absolute Gasteiger partial charge is 0.391 e. The normalized spacial score (nSPS) is 28.4. The third-order valence-corrected chi connectivity index (χ3v) is 13.4. The molecule has 3 fully saturated rings. The van der Waals surface area contributed by atoms with Gasteiger partial charge in [-0.1, -0.05) is 51.1 Å². The smallest absolute Gasteiger partial charge is 0.248 e. The molecule has 19 nitrogen and oxygen atoms in total. The number of aliphatic hydroxyl groups is 1. The first-order valence-electron chi connectivity index (χ1n) is 23.4. The molecule has 0 spiro atoms. The number of rotatable bonds is 7. The van der Waals surface area contributed by atoms with Crippen LogP contribution in [-0.4, -0.2) is 190 Å². The van der Waals surface area contributed by atoms with Gasteiger partial charge in [0, 0.05) is 54.2 Å². The second-order valence-corrected chi connectivity index (χ2v) is 18.6. The molecule has 0 aliphatic carbocycles. The van der Waals surface area contributed by atoms with E-state index in [1.165, 1.54) is 53.9 Å². The lowest BCUT2D eigenvalue weighted by Crippen LogP contribution is -2.62. The number of fused-ring (bicyclic) bond motifs is 1. The number of amides is 9. The molecule has 3 heterocycles. The molecule has 0 aromatic heterocycles. The maximum absolute atomic E-state index is 14.6. The summed E-state index contributed by atoms with van der Waals surface area (Å²) in [6, 6.07) is -0.864. The average molecular weight is 924 g/mol. The first-order valence-corrected chi connectivity index (χ1v) is 23.4. The van der Waals surface area contributed by atoms with E-state index in [1.54, 1.807) is 42.2 Å².